The highest BCUT2D eigenvalue weighted by Gasteiger charge is 2.32. The Morgan fingerprint density at radius 1 is 1.37 bits per heavy atom. The van der Waals surface area contributed by atoms with E-state index in [1.165, 1.54) is 44.5 Å². The molecule has 0 aromatic carbocycles. The van der Waals surface area contributed by atoms with Crippen LogP contribution in [0.3, 0.4) is 0 Å². The van der Waals surface area contributed by atoms with Crippen LogP contribution in [0.4, 0.5) is 0 Å². The number of fused-ring (bicyclic) bond motifs is 1. The molecule has 2 fully saturated rings. The van der Waals surface area contributed by atoms with E-state index in [9.17, 15) is 0 Å². The Morgan fingerprint density at radius 2 is 2.26 bits per heavy atom. The van der Waals surface area contributed by atoms with Crippen LogP contribution in [-0.2, 0) is 6.54 Å². The van der Waals surface area contributed by atoms with Gasteiger partial charge in [0.25, 0.3) is 0 Å². The van der Waals surface area contributed by atoms with Crippen molar-refractivity contribution < 1.29 is 0 Å². The maximum absolute atomic E-state index is 5.97. The van der Waals surface area contributed by atoms with Crippen LogP contribution in [0.5, 0.6) is 0 Å². The van der Waals surface area contributed by atoms with Crippen molar-refractivity contribution in [2.45, 2.75) is 44.8 Å². The first kappa shape index (κ1) is 13.3. The zero-order chi connectivity index (χ0) is 13.2. The molecule has 3 heterocycles. The monoisotopic (exact) mass is 279 g/mol. The summed E-state index contributed by atoms with van der Waals surface area (Å²) in [5.74, 6) is 0. The van der Waals surface area contributed by atoms with Gasteiger partial charge in [-0.15, -0.1) is 0 Å². The van der Waals surface area contributed by atoms with E-state index in [0.717, 1.165) is 12.6 Å². The van der Waals surface area contributed by atoms with Gasteiger partial charge in [0.1, 0.15) is 5.15 Å². The first-order valence-electron chi connectivity index (χ1n) is 7.31. The lowest BCUT2D eigenvalue weighted by molar-refractivity contribution is 0.0111. The molecule has 0 N–H and O–H groups in total. The minimum atomic E-state index is 0.599. The van der Waals surface area contributed by atoms with E-state index in [0.29, 0.717) is 11.2 Å². The second-order valence-electron chi connectivity index (χ2n) is 5.91. The minimum Gasteiger partial charge on any atom is -0.298 e. The zero-order valence-electron chi connectivity index (χ0n) is 11.6. The summed E-state index contributed by atoms with van der Waals surface area (Å²) >= 11 is 5.97. The number of aromatic nitrogens is 1. The second kappa shape index (κ2) is 5.78. The summed E-state index contributed by atoms with van der Waals surface area (Å²) in [5, 5.41) is 0.599. The maximum atomic E-state index is 5.97. The molecule has 2 aliphatic rings. The molecule has 0 aliphatic carbocycles. The first-order valence-corrected chi connectivity index (χ1v) is 7.69. The summed E-state index contributed by atoms with van der Waals surface area (Å²) in [6.07, 6.45) is 5.94. The molecule has 19 heavy (non-hydrogen) atoms. The Labute approximate surface area is 120 Å². The number of rotatable bonds is 2. The predicted molar refractivity (Wildman–Crippen MR) is 78.3 cm³/mol. The van der Waals surface area contributed by atoms with Crippen molar-refractivity contribution in [2.75, 3.05) is 19.6 Å². The highest BCUT2D eigenvalue weighted by Crippen LogP contribution is 2.25. The van der Waals surface area contributed by atoms with Crippen molar-refractivity contribution in [1.29, 1.82) is 0 Å². The third-order valence-electron chi connectivity index (χ3n) is 4.49. The van der Waals surface area contributed by atoms with Crippen LogP contribution in [0.15, 0.2) is 18.3 Å². The Hall–Kier alpha value is -0.640. The molecule has 0 spiro atoms. The molecule has 0 unspecified atom stereocenters. The van der Waals surface area contributed by atoms with E-state index >= 15 is 0 Å². The van der Waals surface area contributed by atoms with Crippen LogP contribution in [0.2, 0.25) is 5.15 Å². The fraction of sp³-hybridized carbons (Fsp3) is 0.667. The van der Waals surface area contributed by atoms with E-state index in [1.807, 2.05) is 6.07 Å². The van der Waals surface area contributed by atoms with Crippen LogP contribution in [0.25, 0.3) is 0 Å². The van der Waals surface area contributed by atoms with E-state index in [2.05, 4.69) is 27.8 Å². The van der Waals surface area contributed by atoms with Gasteiger partial charge in [-0.2, -0.15) is 0 Å². The lowest BCUT2D eigenvalue weighted by Crippen LogP contribution is -2.58. The van der Waals surface area contributed by atoms with Crippen LogP contribution < -0.4 is 0 Å². The zero-order valence-corrected chi connectivity index (χ0v) is 12.3. The first-order chi connectivity index (χ1) is 9.22. The third-order valence-corrected chi connectivity index (χ3v) is 4.70. The minimum absolute atomic E-state index is 0.599. The molecule has 104 valence electrons. The summed E-state index contributed by atoms with van der Waals surface area (Å²) in [6, 6.07) is 5.46. The normalized spacial score (nSPS) is 29.2. The molecule has 1 aromatic heterocycles. The topological polar surface area (TPSA) is 19.4 Å². The van der Waals surface area contributed by atoms with Crippen molar-refractivity contribution in [2.24, 2.45) is 0 Å². The predicted octanol–water partition coefficient (Wildman–Crippen LogP) is 2.79. The van der Waals surface area contributed by atoms with Gasteiger partial charge in [-0.05, 0) is 44.0 Å². The molecule has 2 saturated heterocycles. The van der Waals surface area contributed by atoms with Crippen molar-refractivity contribution >= 4 is 11.6 Å². The lowest BCUT2D eigenvalue weighted by atomic mass is 9.97. The van der Waals surface area contributed by atoms with Crippen LogP contribution in [0, 0.1) is 0 Å². The fourth-order valence-corrected chi connectivity index (χ4v) is 3.60. The Bertz CT molecular complexity index is 437. The number of nitrogens with zero attached hydrogens (tertiary/aromatic N) is 3. The Morgan fingerprint density at radius 3 is 3.11 bits per heavy atom. The molecule has 3 nitrogen and oxygen atoms in total. The van der Waals surface area contributed by atoms with Gasteiger partial charge in [-0.1, -0.05) is 18.0 Å². The highest BCUT2D eigenvalue weighted by molar-refractivity contribution is 6.29. The quantitative estimate of drug-likeness (QED) is 0.776. The summed E-state index contributed by atoms with van der Waals surface area (Å²) in [5.41, 5.74) is 1.27. The van der Waals surface area contributed by atoms with Gasteiger partial charge in [0.05, 0.1) is 0 Å². The summed E-state index contributed by atoms with van der Waals surface area (Å²) in [4.78, 5) is 9.34. The number of halogens is 1. The summed E-state index contributed by atoms with van der Waals surface area (Å²) in [6.45, 7) is 7.04. The van der Waals surface area contributed by atoms with Crippen molar-refractivity contribution in [3.05, 3.63) is 29.0 Å². The number of piperidine rings is 1. The third kappa shape index (κ3) is 3.10. The van der Waals surface area contributed by atoms with Crippen molar-refractivity contribution in [3.8, 4) is 0 Å². The summed E-state index contributed by atoms with van der Waals surface area (Å²) in [7, 11) is 0. The molecule has 0 saturated carbocycles. The van der Waals surface area contributed by atoms with Gasteiger partial charge in [0.15, 0.2) is 0 Å². The second-order valence-corrected chi connectivity index (χ2v) is 6.30. The molecule has 0 bridgehead atoms. The van der Waals surface area contributed by atoms with Gasteiger partial charge < -0.3 is 0 Å². The fourth-order valence-electron chi connectivity index (χ4n) is 3.41. The summed E-state index contributed by atoms with van der Waals surface area (Å²) < 4.78 is 0. The molecular formula is C15H22ClN3. The van der Waals surface area contributed by atoms with Gasteiger partial charge >= 0.3 is 0 Å². The number of hydrogen-bond acceptors (Lipinski definition) is 3. The van der Waals surface area contributed by atoms with E-state index in [1.54, 1.807) is 6.20 Å². The SMILES string of the molecule is C[C@H]1CN2CCCC[C@@H]2CN1Cc1ccnc(Cl)c1. The smallest absolute Gasteiger partial charge is 0.129 e. The Kier molecular flexibility index (Phi) is 4.06. The van der Waals surface area contributed by atoms with Crippen LogP contribution in [-0.4, -0.2) is 46.5 Å². The highest BCUT2D eigenvalue weighted by atomic mass is 35.5. The van der Waals surface area contributed by atoms with Gasteiger partial charge in [0.2, 0.25) is 0 Å². The molecule has 3 rings (SSSR count). The number of hydrogen-bond donors (Lipinski definition) is 0. The molecule has 2 atom stereocenters. The van der Waals surface area contributed by atoms with Gasteiger partial charge in [-0.3, -0.25) is 9.80 Å². The van der Waals surface area contributed by atoms with Crippen molar-refractivity contribution in [1.82, 2.24) is 14.8 Å². The molecule has 4 heteroatoms. The lowest BCUT2D eigenvalue weighted by Gasteiger charge is -2.47. The van der Waals surface area contributed by atoms with Crippen molar-refractivity contribution in [3.63, 3.8) is 0 Å². The standard InChI is InChI=1S/C15H22ClN3/c1-12-9-18-7-3-2-4-14(18)11-19(12)10-13-5-6-17-15(16)8-13/h5-6,8,12,14H,2-4,7,9-11H2,1H3/t12-,14+/m0/s1. The van der Waals surface area contributed by atoms with Crippen LogP contribution >= 0.6 is 11.6 Å². The average molecular weight is 280 g/mol. The molecular weight excluding hydrogens is 258 g/mol. The number of piperazine rings is 1. The molecule has 2 aliphatic heterocycles. The van der Waals surface area contributed by atoms with E-state index < -0.39 is 0 Å². The molecule has 1 aromatic rings. The van der Waals surface area contributed by atoms with Crippen LogP contribution in [0.1, 0.15) is 31.7 Å². The maximum Gasteiger partial charge on any atom is 0.129 e. The van der Waals surface area contributed by atoms with E-state index in [-0.39, 0.29) is 0 Å². The average Bonchev–Trinajstić information content (AvgIpc) is 2.40. The van der Waals surface area contributed by atoms with Gasteiger partial charge in [0, 0.05) is 37.9 Å². The molecule has 0 radical (unpaired) electrons. The van der Waals surface area contributed by atoms with E-state index in [4.69, 9.17) is 11.6 Å². The molecule has 0 amide bonds. The van der Waals surface area contributed by atoms with Gasteiger partial charge in [-0.25, -0.2) is 4.98 Å². The Balaban J connectivity index is 1.67. The largest absolute Gasteiger partial charge is 0.298 e. The number of pyridine rings is 1.